The molecule has 0 bridgehead atoms. The van der Waals surface area contributed by atoms with Crippen LogP contribution in [-0.2, 0) is 4.79 Å². The van der Waals surface area contributed by atoms with Gasteiger partial charge in [0.25, 0.3) is 0 Å². The van der Waals surface area contributed by atoms with Crippen molar-refractivity contribution in [2.45, 2.75) is 25.8 Å². The lowest BCUT2D eigenvalue weighted by Crippen LogP contribution is -2.35. The van der Waals surface area contributed by atoms with Gasteiger partial charge in [-0.05, 0) is 6.92 Å². The maximum atomic E-state index is 11.7. The lowest BCUT2D eigenvalue weighted by atomic mass is 10.1. The number of hydrogen-bond donors (Lipinski definition) is 2. The summed E-state index contributed by atoms with van der Waals surface area (Å²) in [5.41, 5.74) is 6.15. The zero-order valence-electron chi connectivity index (χ0n) is 9.98. The molecule has 0 fully saturated rings. The molecule has 1 amide bonds. The van der Waals surface area contributed by atoms with Gasteiger partial charge in [0.1, 0.15) is 0 Å². The maximum Gasteiger partial charge on any atom is 0.220 e. The minimum atomic E-state index is -0.133. The normalized spacial score (nSPS) is 11.9. The van der Waals surface area contributed by atoms with E-state index in [1.165, 1.54) is 0 Å². The summed E-state index contributed by atoms with van der Waals surface area (Å²) in [5.74, 6) is -0.145. The Kier molecular flexibility index (Phi) is 5.36. The minimum absolute atomic E-state index is 0.0125. The summed E-state index contributed by atoms with van der Waals surface area (Å²) in [6, 6.07) is 8.91. The van der Waals surface area contributed by atoms with Crippen LogP contribution in [0, 0.1) is 0 Å². The molecule has 17 heavy (non-hydrogen) atoms. The molecule has 0 spiro atoms. The zero-order valence-corrected chi connectivity index (χ0v) is 9.98. The highest BCUT2D eigenvalue weighted by atomic mass is 16.2. The largest absolute Gasteiger partial charge is 0.355 e. The molecule has 0 aliphatic carbocycles. The number of ketones is 1. The number of nitrogens with two attached hydrogens (primary N) is 1. The Bertz CT molecular complexity index is 374. The maximum absolute atomic E-state index is 11.7. The van der Waals surface area contributed by atoms with Gasteiger partial charge in [-0.1, -0.05) is 30.3 Å². The fraction of sp³-hybridized carbons (Fsp3) is 0.385. The molecule has 92 valence electrons. The predicted molar refractivity (Wildman–Crippen MR) is 66.7 cm³/mol. The van der Waals surface area contributed by atoms with Crippen LogP contribution in [-0.4, -0.2) is 24.3 Å². The van der Waals surface area contributed by atoms with Gasteiger partial charge in [-0.3, -0.25) is 9.59 Å². The van der Waals surface area contributed by atoms with E-state index in [1.807, 2.05) is 25.1 Å². The van der Waals surface area contributed by atoms with Gasteiger partial charge >= 0.3 is 0 Å². The Balaban J connectivity index is 2.31. The first kappa shape index (κ1) is 13.4. The lowest BCUT2D eigenvalue weighted by Gasteiger charge is -2.07. The standard InChI is InChI=1S/C13H18N2O2/c1-10(14)9-15-13(17)8-7-12(16)11-5-3-2-4-6-11/h2-6,10H,7-9,14H2,1H3,(H,15,17). The van der Waals surface area contributed by atoms with Crippen molar-refractivity contribution in [2.75, 3.05) is 6.54 Å². The van der Waals surface area contributed by atoms with E-state index >= 15 is 0 Å². The molecule has 0 heterocycles. The zero-order chi connectivity index (χ0) is 12.7. The van der Waals surface area contributed by atoms with E-state index in [1.54, 1.807) is 12.1 Å². The summed E-state index contributed by atoms with van der Waals surface area (Å²) < 4.78 is 0. The Morgan fingerprint density at radius 2 is 1.88 bits per heavy atom. The first-order valence-corrected chi connectivity index (χ1v) is 5.70. The van der Waals surface area contributed by atoms with Crippen LogP contribution in [0.5, 0.6) is 0 Å². The Morgan fingerprint density at radius 3 is 2.47 bits per heavy atom. The molecule has 1 atom stereocenters. The number of hydrogen-bond acceptors (Lipinski definition) is 3. The molecule has 4 nitrogen and oxygen atoms in total. The van der Waals surface area contributed by atoms with Gasteiger partial charge in [0.15, 0.2) is 5.78 Å². The number of amides is 1. The second-order valence-electron chi connectivity index (χ2n) is 4.07. The van der Waals surface area contributed by atoms with E-state index in [9.17, 15) is 9.59 Å². The lowest BCUT2D eigenvalue weighted by molar-refractivity contribution is -0.121. The van der Waals surface area contributed by atoms with Crippen molar-refractivity contribution >= 4 is 11.7 Å². The molecule has 0 aromatic heterocycles. The van der Waals surface area contributed by atoms with E-state index in [0.717, 1.165) is 0 Å². The monoisotopic (exact) mass is 234 g/mol. The molecule has 0 saturated heterocycles. The topological polar surface area (TPSA) is 72.2 Å². The Morgan fingerprint density at radius 1 is 1.24 bits per heavy atom. The first-order valence-electron chi connectivity index (χ1n) is 5.70. The average molecular weight is 234 g/mol. The molecule has 0 radical (unpaired) electrons. The predicted octanol–water partition coefficient (Wildman–Crippen LogP) is 1.11. The summed E-state index contributed by atoms with van der Waals surface area (Å²) >= 11 is 0. The van der Waals surface area contributed by atoms with Crippen molar-refractivity contribution in [3.63, 3.8) is 0 Å². The second kappa shape index (κ2) is 6.81. The molecule has 0 aliphatic rings. The van der Waals surface area contributed by atoms with Gasteiger partial charge < -0.3 is 11.1 Å². The number of carbonyl (C=O) groups excluding carboxylic acids is 2. The Hall–Kier alpha value is -1.68. The molecule has 0 saturated carbocycles. The summed E-state index contributed by atoms with van der Waals surface area (Å²) in [4.78, 5) is 23.0. The number of benzene rings is 1. The van der Waals surface area contributed by atoms with Crippen LogP contribution in [0.4, 0.5) is 0 Å². The molecule has 0 aliphatic heterocycles. The number of Topliss-reactive ketones (excluding diaryl/α,β-unsaturated/α-hetero) is 1. The second-order valence-corrected chi connectivity index (χ2v) is 4.07. The van der Waals surface area contributed by atoms with Gasteiger partial charge in [0.2, 0.25) is 5.91 Å². The van der Waals surface area contributed by atoms with Gasteiger partial charge in [-0.15, -0.1) is 0 Å². The third kappa shape index (κ3) is 5.26. The molecule has 1 rings (SSSR count). The number of nitrogens with one attached hydrogen (secondary N) is 1. The van der Waals surface area contributed by atoms with E-state index in [-0.39, 0.29) is 30.6 Å². The van der Waals surface area contributed by atoms with Gasteiger partial charge in [0, 0.05) is 31.0 Å². The van der Waals surface area contributed by atoms with Crippen molar-refractivity contribution in [2.24, 2.45) is 5.73 Å². The van der Waals surface area contributed by atoms with Crippen LogP contribution in [0.3, 0.4) is 0 Å². The highest BCUT2D eigenvalue weighted by Gasteiger charge is 2.08. The fourth-order valence-electron chi connectivity index (χ4n) is 1.36. The quantitative estimate of drug-likeness (QED) is 0.724. The SMILES string of the molecule is CC(N)CNC(=O)CCC(=O)c1ccccc1. The first-order chi connectivity index (χ1) is 8.09. The van der Waals surface area contributed by atoms with Crippen molar-refractivity contribution in [1.29, 1.82) is 0 Å². The summed E-state index contributed by atoms with van der Waals surface area (Å²) in [5, 5.41) is 2.67. The average Bonchev–Trinajstić information content (AvgIpc) is 2.34. The van der Waals surface area contributed by atoms with Crippen molar-refractivity contribution in [3.05, 3.63) is 35.9 Å². The Labute approximate surface area is 101 Å². The van der Waals surface area contributed by atoms with Crippen LogP contribution in [0.25, 0.3) is 0 Å². The molecule has 3 N–H and O–H groups in total. The van der Waals surface area contributed by atoms with E-state index < -0.39 is 0 Å². The van der Waals surface area contributed by atoms with Crippen LogP contribution >= 0.6 is 0 Å². The van der Waals surface area contributed by atoms with Gasteiger partial charge in [0.05, 0.1) is 0 Å². The van der Waals surface area contributed by atoms with Crippen molar-refractivity contribution in [1.82, 2.24) is 5.32 Å². The summed E-state index contributed by atoms with van der Waals surface area (Å²) in [7, 11) is 0. The van der Waals surface area contributed by atoms with Crippen LogP contribution < -0.4 is 11.1 Å². The number of carbonyl (C=O) groups is 2. The molecule has 1 aromatic carbocycles. The molecular formula is C13H18N2O2. The van der Waals surface area contributed by atoms with E-state index in [0.29, 0.717) is 12.1 Å². The number of rotatable bonds is 6. The van der Waals surface area contributed by atoms with E-state index in [4.69, 9.17) is 5.73 Å². The molecular weight excluding hydrogens is 216 g/mol. The smallest absolute Gasteiger partial charge is 0.220 e. The van der Waals surface area contributed by atoms with Crippen molar-refractivity contribution in [3.8, 4) is 0 Å². The van der Waals surface area contributed by atoms with Crippen LogP contribution in [0.1, 0.15) is 30.1 Å². The van der Waals surface area contributed by atoms with Crippen LogP contribution in [0.15, 0.2) is 30.3 Å². The van der Waals surface area contributed by atoms with Crippen LogP contribution in [0.2, 0.25) is 0 Å². The third-order valence-corrected chi connectivity index (χ3v) is 2.30. The highest BCUT2D eigenvalue weighted by Crippen LogP contribution is 2.04. The fourth-order valence-corrected chi connectivity index (χ4v) is 1.36. The minimum Gasteiger partial charge on any atom is -0.355 e. The highest BCUT2D eigenvalue weighted by molar-refractivity contribution is 5.97. The molecule has 1 unspecified atom stereocenters. The molecule has 1 aromatic rings. The van der Waals surface area contributed by atoms with Gasteiger partial charge in [-0.2, -0.15) is 0 Å². The molecule has 4 heteroatoms. The van der Waals surface area contributed by atoms with E-state index in [2.05, 4.69) is 5.32 Å². The summed E-state index contributed by atoms with van der Waals surface area (Å²) in [6.07, 6.45) is 0.440. The van der Waals surface area contributed by atoms with Crippen molar-refractivity contribution < 1.29 is 9.59 Å². The van der Waals surface area contributed by atoms with Gasteiger partial charge in [-0.25, -0.2) is 0 Å². The summed E-state index contributed by atoms with van der Waals surface area (Å²) in [6.45, 7) is 2.26. The third-order valence-electron chi connectivity index (χ3n) is 2.30.